The Bertz CT molecular complexity index is 971. The first-order valence-electron chi connectivity index (χ1n) is 9.54. The second-order valence-electron chi connectivity index (χ2n) is 7.76. The quantitative estimate of drug-likeness (QED) is 0.310. The molecule has 2 nitrogen and oxygen atoms in total. The van der Waals surface area contributed by atoms with Gasteiger partial charge >= 0.3 is 189 Å². The normalized spacial score (nSPS) is 23.3. The Morgan fingerprint density at radius 2 is 1.03 bits per heavy atom. The molecule has 1 fully saturated rings. The molecule has 0 bridgehead atoms. The molecule has 1 atom stereocenters. The third-order valence-electron chi connectivity index (χ3n) is 5.86. The van der Waals surface area contributed by atoms with Crippen LogP contribution in [0.15, 0.2) is 60.7 Å². The first-order chi connectivity index (χ1) is 15.7. The Hall–Kier alpha value is -2.05. The van der Waals surface area contributed by atoms with Gasteiger partial charge in [-0.05, 0) is 0 Å². The fourth-order valence-corrected chi connectivity index (χ4v) is 10.3. The van der Waals surface area contributed by atoms with Crippen molar-refractivity contribution in [1.29, 1.82) is 0 Å². The van der Waals surface area contributed by atoms with Gasteiger partial charge in [0.2, 0.25) is 0 Å². The third kappa shape index (κ3) is 3.79. The van der Waals surface area contributed by atoms with E-state index in [2.05, 4.69) is 9.05 Å². The number of hydrogen-bond donors (Lipinski definition) is 0. The van der Waals surface area contributed by atoms with Crippen molar-refractivity contribution >= 4 is 17.7 Å². The van der Waals surface area contributed by atoms with Crippen molar-refractivity contribution in [3.63, 3.8) is 0 Å². The van der Waals surface area contributed by atoms with E-state index in [-0.39, 0.29) is 6.92 Å². The summed E-state index contributed by atoms with van der Waals surface area (Å²) in [7, 11) is -6.49. The molecule has 2 aromatic rings. The second-order valence-corrected chi connectivity index (χ2v) is 12.0. The molecule has 1 aliphatic heterocycles. The van der Waals surface area contributed by atoms with Gasteiger partial charge in [0.05, 0.1) is 0 Å². The minimum atomic E-state index is -6.49. The summed E-state index contributed by atoms with van der Waals surface area (Å²) in [5, 5.41) is -1.61. The molecule has 0 saturated carbocycles. The van der Waals surface area contributed by atoms with Crippen LogP contribution in [0.1, 0.15) is 6.92 Å². The molecule has 2 aromatic carbocycles. The van der Waals surface area contributed by atoms with Gasteiger partial charge < -0.3 is 0 Å². The van der Waals surface area contributed by atoms with Gasteiger partial charge in [-0.25, -0.2) is 0 Å². The molecule has 0 aromatic heterocycles. The molecule has 1 aliphatic rings. The summed E-state index contributed by atoms with van der Waals surface area (Å²) in [6, 6.07) is 9.60. The van der Waals surface area contributed by atoms with Gasteiger partial charge in [-0.3, -0.25) is 0 Å². The van der Waals surface area contributed by atoms with Crippen LogP contribution in [0.3, 0.4) is 0 Å². The average Bonchev–Trinajstić information content (AvgIpc) is 2.71. The summed E-state index contributed by atoms with van der Waals surface area (Å²) in [4.78, 5) is 0. The predicted octanol–water partition coefficient (Wildman–Crippen LogP) is 6.81. The molecule has 0 amide bonds. The van der Waals surface area contributed by atoms with Crippen LogP contribution in [-0.4, -0.2) is 42.1 Å². The van der Waals surface area contributed by atoms with E-state index in [9.17, 15) is 52.7 Å². The Morgan fingerprint density at radius 3 is 1.29 bits per heavy atom. The summed E-state index contributed by atoms with van der Waals surface area (Å²) < 4.78 is 174. The van der Waals surface area contributed by atoms with Crippen molar-refractivity contribution in [1.82, 2.24) is 0 Å². The van der Waals surface area contributed by atoms with Crippen LogP contribution in [0, 0.1) is 0 Å². The van der Waals surface area contributed by atoms with Crippen LogP contribution in [0.25, 0.3) is 0 Å². The summed E-state index contributed by atoms with van der Waals surface area (Å²) >= 11 is 0. The van der Waals surface area contributed by atoms with Crippen LogP contribution in [0.4, 0.5) is 52.7 Å². The Morgan fingerprint density at radius 1 is 0.686 bits per heavy atom. The SMILES string of the molecule is CC1C(C(F)(F)F)(C(F)(F)F)OP1(OC(C(F)(F)F)C(F)(F)F)(c1ccccc1)c1ccccc1. The maximum atomic E-state index is 13.9. The van der Waals surface area contributed by atoms with Gasteiger partial charge in [0.25, 0.3) is 0 Å². The summed E-state index contributed by atoms with van der Waals surface area (Å²) in [6.45, 7) is 0.242. The van der Waals surface area contributed by atoms with E-state index >= 15 is 0 Å². The molecular weight excluding hydrogens is 531 g/mol. The van der Waals surface area contributed by atoms with Crippen LogP contribution >= 0.6 is 7.06 Å². The fraction of sp³-hybridized carbons (Fsp3) is 0.400. The van der Waals surface area contributed by atoms with Crippen molar-refractivity contribution < 1.29 is 61.7 Å². The van der Waals surface area contributed by atoms with E-state index in [1.165, 1.54) is 12.1 Å². The molecule has 0 aliphatic carbocycles. The molecule has 1 saturated heterocycles. The van der Waals surface area contributed by atoms with E-state index < -0.39 is 59.7 Å². The fourth-order valence-electron chi connectivity index (χ4n) is 4.33. The van der Waals surface area contributed by atoms with Gasteiger partial charge in [-0.15, -0.1) is 0 Å². The van der Waals surface area contributed by atoms with Crippen LogP contribution < -0.4 is 10.6 Å². The molecule has 3 rings (SSSR count). The molecule has 15 heteroatoms. The summed E-state index contributed by atoms with van der Waals surface area (Å²) in [5.74, 6) is 0. The topological polar surface area (TPSA) is 18.5 Å². The van der Waals surface area contributed by atoms with Crippen LogP contribution in [0.5, 0.6) is 0 Å². The zero-order valence-corrected chi connectivity index (χ0v) is 18.1. The van der Waals surface area contributed by atoms with Gasteiger partial charge in [0.15, 0.2) is 0 Å². The molecular formula is C20H15F12O2P. The van der Waals surface area contributed by atoms with E-state index in [4.69, 9.17) is 0 Å². The Kier molecular flexibility index (Phi) is 6.27. The first kappa shape index (κ1) is 27.5. The van der Waals surface area contributed by atoms with Crippen molar-refractivity contribution in [2.24, 2.45) is 0 Å². The summed E-state index contributed by atoms with van der Waals surface area (Å²) in [6.07, 6.45) is -29.8. The number of benzene rings is 2. The molecule has 0 radical (unpaired) electrons. The third-order valence-corrected chi connectivity index (χ3v) is 11.5. The van der Waals surface area contributed by atoms with Crippen molar-refractivity contribution in [2.45, 2.75) is 49.0 Å². The van der Waals surface area contributed by atoms with E-state index in [0.717, 1.165) is 48.5 Å². The van der Waals surface area contributed by atoms with E-state index in [1.54, 1.807) is 0 Å². The standard InChI is InChI=1S/C20H15F12O2P/c1-12-16(19(27,28)29,20(30,31)32)34-35(12,13-8-4-2-5-9-13,14-10-6-3-7-11-14)33-15(17(21,22)23)18(24,25)26/h2-12,15H,1H3. The molecule has 196 valence electrons. The molecule has 0 spiro atoms. The summed E-state index contributed by atoms with van der Waals surface area (Å²) in [5.41, 5.74) is -8.20. The molecule has 1 unspecified atom stereocenters. The second kappa shape index (κ2) is 7.97. The van der Waals surface area contributed by atoms with Gasteiger partial charge in [0.1, 0.15) is 0 Å². The molecule has 1 heterocycles. The van der Waals surface area contributed by atoms with Gasteiger partial charge in [-0.1, -0.05) is 0 Å². The van der Waals surface area contributed by atoms with Crippen LogP contribution in [0.2, 0.25) is 0 Å². The first-order valence-corrected chi connectivity index (χ1v) is 11.7. The molecule has 35 heavy (non-hydrogen) atoms. The number of alkyl halides is 12. The number of halogens is 12. The monoisotopic (exact) mass is 546 g/mol. The van der Waals surface area contributed by atoms with Crippen molar-refractivity contribution in [3.8, 4) is 0 Å². The van der Waals surface area contributed by atoms with E-state index in [0.29, 0.717) is 0 Å². The van der Waals surface area contributed by atoms with E-state index in [1.807, 2.05) is 0 Å². The Labute approximate surface area is 189 Å². The van der Waals surface area contributed by atoms with Crippen molar-refractivity contribution in [3.05, 3.63) is 60.7 Å². The number of rotatable bonds is 4. The molecule has 0 N–H and O–H groups in total. The Balaban J connectivity index is 2.49. The predicted molar refractivity (Wildman–Crippen MR) is 101 cm³/mol. The van der Waals surface area contributed by atoms with Crippen molar-refractivity contribution in [2.75, 3.05) is 0 Å². The zero-order valence-electron chi connectivity index (χ0n) is 17.2. The van der Waals surface area contributed by atoms with Crippen LogP contribution in [-0.2, 0) is 9.05 Å². The number of hydrogen-bond acceptors (Lipinski definition) is 2. The maximum absolute atomic E-state index is 13.9. The minimum absolute atomic E-state index is 0.242. The average molecular weight is 546 g/mol. The van der Waals surface area contributed by atoms with Gasteiger partial charge in [-0.2, -0.15) is 0 Å². The zero-order chi connectivity index (χ0) is 26.7. The van der Waals surface area contributed by atoms with Gasteiger partial charge in [0, 0.05) is 0 Å².